The van der Waals surface area contributed by atoms with Crippen LogP contribution in [-0.2, 0) is 0 Å². The highest BCUT2D eigenvalue weighted by molar-refractivity contribution is 5.81. The van der Waals surface area contributed by atoms with Gasteiger partial charge in [-0.25, -0.2) is 4.98 Å². The number of hydrogen-bond acceptors (Lipinski definition) is 1. The Bertz CT molecular complexity index is 897. The Labute approximate surface area is 141 Å². The zero-order chi connectivity index (χ0) is 16.4. The van der Waals surface area contributed by atoms with Crippen LogP contribution in [0.25, 0.3) is 33.9 Å². The third-order valence-corrected chi connectivity index (χ3v) is 4.11. The normalized spacial score (nSPS) is 10.7. The minimum absolute atomic E-state index is 0.899. The van der Waals surface area contributed by atoms with Crippen LogP contribution in [0, 0.1) is 6.92 Å². The summed E-state index contributed by atoms with van der Waals surface area (Å²) in [6.45, 7) is 2.10. The molecule has 2 heteroatoms. The van der Waals surface area contributed by atoms with Crippen LogP contribution in [0.3, 0.4) is 0 Å². The number of rotatable bonds is 3. The minimum atomic E-state index is 0.899. The third-order valence-electron chi connectivity index (χ3n) is 4.11. The number of aryl methyl sites for hydroxylation is 1. The highest BCUT2D eigenvalue weighted by atomic mass is 14.9. The number of H-pyrrole nitrogens is 1. The fraction of sp³-hybridized carbons (Fsp3) is 0.0455. The second kappa shape index (κ2) is 6.17. The molecule has 0 amide bonds. The highest BCUT2D eigenvalue weighted by Crippen LogP contribution is 2.32. The standard InChI is InChI=1S/C22H18N2/c1-16-9-8-14-19(15-16)22-23-20(17-10-4-2-5-11-17)21(24-22)18-12-6-3-7-13-18/h2-15H,1H3,(H,23,24). The molecule has 2 nitrogen and oxygen atoms in total. The number of benzene rings is 3. The average molecular weight is 310 g/mol. The summed E-state index contributed by atoms with van der Waals surface area (Å²) in [6.07, 6.45) is 0. The molecular formula is C22H18N2. The lowest BCUT2D eigenvalue weighted by Gasteiger charge is -2.02. The van der Waals surface area contributed by atoms with E-state index in [2.05, 4.69) is 72.6 Å². The van der Waals surface area contributed by atoms with Gasteiger partial charge in [-0.2, -0.15) is 0 Å². The van der Waals surface area contributed by atoms with E-state index in [-0.39, 0.29) is 0 Å². The van der Waals surface area contributed by atoms with Gasteiger partial charge in [-0.05, 0) is 13.0 Å². The van der Waals surface area contributed by atoms with Crippen molar-refractivity contribution in [2.45, 2.75) is 6.92 Å². The maximum absolute atomic E-state index is 4.91. The van der Waals surface area contributed by atoms with Gasteiger partial charge in [-0.3, -0.25) is 0 Å². The predicted molar refractivity (Wildman–Crippen MR) is 99.6 cm³/mol. The van der Waals surface area contributed by atoms with E-state index >= 15 is 0 Å². The molecule has 1 N–H and O–H groups in total. The van der Waals surface area contributed by atoms with E-state index in [4.69, 9.17) is 4.98 Å². The van der Waals surface area contributed by atoms with Gasteiger partial charge >= 0.3 is 0 Å². The molecule has 4 aromatic rings. The predicted octanol–water partition coefficient (Wildman–Crippen LogP) is 5.72. The van der Waals surface area contributed by atoms with Crippen molar-refractivity contribution in [1.82, 2.24) is 9.97 Å². The van der Waals surface area contributed by atoms with Gasteiger partial charge in [0, 0.05) is 16.7 Å². The molecule has 0 atom stereocenters. The Morgan fingerprint density at radius 1 is 0.667 bits per heavy atom. The fourth-order valence-electron chi connectivity index (χ4n) is 2.92. The molecule has 24 heavy (non-hydrogen) atoms. The van der Waals surface area contributed by atoms with Crippen LogP contribution in [0.4, 0.5) is 0 Å². The highest BCUT2D eigenvalue weighted by Gasteiger charge is 2.14. The maximum Gasteiger partial charge on any atom is 0.138 e. The molecule has 0 aliphatic rings. The Hall–Kier alpha value is -3.13. The van der Waals surface area contributed by atoms with E-state index in [1.807, 2.05) is 24.3 Å². The Morgan fingerprint density at radius 3 is 1.96 bits per heavy atom. The van der Waals surface area contributed by atoms with Crippen LogP contribution in [0.1, 0.15) is 5.56 Å². The number of hydrogen-bond donors (Lipinski definition) is 1. The lowest BCUT2D eigenvalue weighted by Crippen LogP contribution is -1.82. The van der Waals surface area contributed by atoms with Crippen molar-refractivity contribution in [3.8, 4) is 33.9 Å². The zero-order valence-corrected chi connectivity index (χ0v) is 13.5. The summed E-state index contributed by atoms with van der Waals surface area (Å²) in [5.41, 5.74) is 6.63. The molecule has 0 saturated heterocycles. The topological polar surface area (TPSA) is 28.7 Å². The molecule has 0 unspecified atom stereocenters. The molecule has 0 radical (unpaired) electrons. The van der Waals surface area contributed by atoms with Crippen molar-refractivity contribution in [3.63, 3.8) is 0 Å². The molecule has 0 aliphatic carbocycles. The molecule has 0 spiro atoms. The van der Waals surface area contributed by atoms with Crippen LogP contribution in [0.5, 0.6) is 0 Å². The number of nitrogens with one attached hydrogen (secondary N) is 1. The van der Waals surface area contributed by atoms with Gasteiger partial charge < -0.3 is 4.98 Å². The van der Waals surface area contributed by atoms with E-state index in [0.29, 0.717) is 0 Å². The monoisotopic (exact) mass is 310 g/mol. The first-order valence-corrected chi connectivity index (χ1v) is 8.09. The van der Waals surface area contributed by atoms with Crippen LogP contribution in [-0.4, -0.2) is 9.97 Å². The van der Waals surface area contributed by atoms with Crippen molar-refractivity contribution in [3.05, 3.63) is 90.5 Å². The SMILES string of the molecule is Cc1cccc(-c2nc(-c3ccccc3)c(-c3ccccc3)[nH]2)c1. The smallest absolute Gasteiger partial charge is 0.138 e. The summed E-state index contributed by atoms with van der Waals surface area (Å²) in [7, 11) is 0. The van der Waals surface area contributed by atoms with Gasteiger partial charge in [0.05, 0.1) is 11.4 Å². The quantitative estimate of drug-likeness (QED) is 0.515. The third kappa shape index (κ3) is 2.74. The number of nitrogens with zero attached hydrogens (tertiary/aromatic N) is 1. The van der Waals surface area contributed by atoms with E-state index in [1.165, 1.54) is 5.56 Å². The van der Waals surface area contributed by atoms with Crippen molar-refractivity contribution < 1.29 is 0 Å². The Morgan fingerprint density at radius 2 is 1.29 bits per heavy atom. The summed E-state index contributed by atoms with van der Waals surface area (Å²) in [5.74, 6) is 0.899. The maximum atomic E-state index is 4.91. The van der Waals surface area contributed by atoms with Gasteiger partial charge in [0.25, 0.3) is 0 Å². The lowest BCUT2D eigenvalue weighted by molar-refractivity contribution is 1.30. The Kier molecular flexibility index (Phi) is 3.72. The summed E-state index contributed by atoms with van der Waals surface area (Å²) >= 11 is 0. The summed E-state index contributed by atoms with van der Waals surface area (Å²) < 4.78 is 0. The summed E-state index contributed by atoms with van der Waals surface area (Å²) in [6, 6.07) is 29.1. The number of imidazole rings is 1. The van der Waals surface area contributed by atoms with E-state index in [1.54, 1.807) is 0 Å². The molecule has 1 aromatic heterocycles. The molecule has 4 rings (SSSR count). The average Bonchev–Trinajstić information content (AvgIpc) is 3.09. The minimum Gasteiger partial charge on any atom is -0.337 e. The largest absolute Gasteiger partial charge is 0.337 e. The van der Waals surface area contributed by atoms with E-state index < -0.39 is 0 Å². The van der Waals surface area contributed by atoms with Crippen molar-refractivity contribution >= 4 is 0 Å². The van der Waals surface area contributed by atoms with E-state index in [0.717, 1.165) is 33.9 Å². The summed E-state index contributed by atoms with van der Waals surface area (Å²) in [4.78, 5) is 8.44. The first kappa shape index (κ1) is 14.5. The van der Waals surface area contributed by atoms with Crippen molar-refractivity contribution in [1.29, 1.82) is 0 Å². The van der Waals surface area contributed by atoms with Crippen LogP contribution in [0.2, 0.25) is 0 Å². The number of aromatic nitrogens is 2. The molecular weight excluding hydrogens is 292 g/mol. The van der Waals surface area contributed by atoms with E-state index in [9.17, 15) is 0 Å². The molecule has 116 valence electrons. The van der Waals surface area contributed by atoms with Gasteiger partial charge in [-0.1, -0.05) is 84.4 Å². The summed E-state index contributed by atoms with van der Waals surface area (Å²) in [5, 5.41) is 0. The van der Waals surface area contributed by atoms with Crippen molar-refractivity contribution in [2.24, 2.45) is 0 Å². The first-order chi connectivity index (χ1) is 11.8. The molecule has 3 aromatic carbocycles. The second-order valence-corrected chi connectivity index (χ2v) is 5.91. The van der Waals surface area contributed by atoms with Gasteiger partial charge in [0.1, 0.15) is 5.82 Å². The zero-order valence-electron chi connectivity index (χ0n) is 13.5. The lowest BCUT2D eigenvalue weighted by atomic mass is 10.1. The molecule has 0 bridgehead atoms. The first-order valence-electron chi connectivity index (χ1n) is 8.09. The second-order valence-electron chi connectivity index (χ2n) is 5.91. The van der Waals surface area contributed by atoms with Gasteiger partial charge in [0.15, 0.2) is 0 Å². The molecule has 0 saturated carbocycles. The van der Waals surface area contributed by atoms with Crippen LogP contribution in [0.15, 0.2) is 84.9 Å². The molecule has 0 fully saturated rings. The molecule has 1 heterocycles. The van der Waals surface area contributed by atoms with Gasteiger partial charge in [-0.15, -0.1) is 0 Å². The Balaban J connectivity index is 1.91. The van der Waals surface area contributed by atoms with Crippen molar-refractivity contribution in [2.75, 3.05) is 0 Å². The number of aromatic amines is 1. The van der Waals surface area contributed by atoms with Crippen LogP contribution >= 0.6 is 0 Å². The van der Waals surface area contributed by atoms with Crippen LogP contribution < -0.4 is 0 Å². The van der Waals surface area contributed by atoms with Gasteiger partial charge in [0.2, 0.25) is 0 Å². The fourth-order valence-corrected chi connectivity index (χ4v) is 2.92. The molecule has 0 aliphatic heterocycles.